The monoisotopic (exact) mass is 329 g/mol. The molecule has 1 aromatic carbocycles. The summed E-state index contributed by atoms with van der Waals surface area (Å²) in [5.41, 5.74) is 3.25. The Balaban J connectivity index is 2.12. The van der Waals surface area contributed by atoms with Crippen LogP contribution in [0, 0.1) is 0 Å². The number of carbonyl (C=O) groups is 1. The number of urea groups is 1. The standard InChI is InChI=1S/C9H7Cl3FN3OS/c10-6-2-1-3-7(4-6)15-5-14-16(8(15)17)18-9(11,12)13/h1-4,14H,5H2. The number of hydrogen-bond acceptors (Lipinski definition) is 3. The number of nitrogens with one attached hydrogen (secondary N) is 1. The van der Waals surface area contributed by atoms with E-state index in [2.05, 4.69) is 5.43 Å². The Morgan fingerprint density at radius 2 is 2.17 bits per heavy atom. The molecular weight excluding hydrogens is 324 g/mol. The van der Waals surface area contributed by atoms with Crippen molar-refractivity contribution in [3.63, 3.8) is 0 Å². The topological polar surface area (TPSA) is 35.6 Å². The predicted molar refractivity (Wildman–Crippen MR) is 72.3 cm³/mol. The van der Waals surface area contributed by atoms with E-state index in [9.17, 15) is 9.18 Å². The third-order valence-electron chi connectivity index (χ3n) is 2.09. The van der Waals surface area contributed by atoms with Crippen LogP contribution in [-0.4, -0.2) is 21.0 Å². The van der Waals surface area contributed by atoms with Crippen LogP contribution in [0.5, 0.6) is 0 Å². The highest BCUT2D eigenvalue weighted by atomic mass is 35.5. The van der Waals surface area contributed by atoms with Crippen LogP contribution in [0.15, 0.2) is 24.3 Å². The van der Waals surface area contributed by atoms with Gasteiger partial charge in [0.05, 0.1) is 6.67 Å². The largest absolute Gasteiger partial charge is 0.350 e. The van der Waals surface area contributed by atoms with E-state index in [-0.39, 0.29) is 6.67 Å². The van der Waals surface area contributed by atoms with E-state index in [4.69, 9.17) is 34.8 Å². The third kappa shape index (κ3) is 3.33. The highest BCUT2D eigenvalue weighted by Gasteiger charge is 2.37. The molecule has 18 heavy (non-hydrogen) atoms. The average molecular weight is 331 g/mol. The molecule has 0 aliphatic carbocycles. The van der Waals surface area contributed by atoms with Gasteiger partial charge in [-0.25, -0.2) is 4.79 Å². The molecule has 4 nitrogen and oxygen atoms in total. The molecule has 1 saturated heterocycles. The van der Waals surface area contributed by atoms with E-state index >= 15 is 0 Å². The maximum Gasteiger partial charge on any atom is 0.350 e. The van der Waals surface area contributed by atoms with Crippen molar-refractivity contribution in [1.29, 1.82) is 0 Å². The number of hydrogen-bond donors (Lipinski definition) is 1. The highest BCUT2D eigenvalue weighted by Crippen LogP contribution is 2.39. The molecule has 0 bridgehead atoms. The maximum absolute atomic E-state index is 13.0. The molecule has 9 heteroatoms. The molecular formula is C9H7Cl3FN3OS. The van der Waals surface area contributed by atoms with Crippen molar-refractivity contribution in [2.24, 2.45) is 0 Å². The lowest BCUT2D eigenvalue weighted by atomic mass is 10.3. The molecule has 0 spiro atoms. The summed E-state index contributed by atoms with van der Waals surface area (Å²) in [6, 6.07) is 6.26. The number of nitrogens with zero attached hydrogens (tertiary/aromatic N) is 2. The average Bonchev–Trinajstić information content (AvgIpc) is 2.58. The van der Waals surface area contributed by atoms with E-state index in [1.165, 1.54) is 4.90 Å². The second-order valence-corrected chi connectivity index (χ2v) is 6.57. The Morgan fingerprint density at radius 1 is 1.44 bits per heavy atom. The lowest BCUT2D eigenvalue weighted by Gasteiger charge is -2.18. The van der Waals surface area contributed by atoms with Gasteiger partial charge in [0.1, 0.15) is 0 Å². The highest BCUT2D eigenvalue weighted by molar-refractivity contribution is 8.01. The molecule has 0 atom stereocenters. The molecule has 0 unspecified atom stereocenters. The predicted octanol–water partition coefficient (Wildman–Crippen LogP) is 3.75. The van der Waals surface area contributed by atoms with Crippen LogP contribution >= 0.6 is 46.8 Å². The van der Waals surface area contributed by atoms with Crippen LogP contribution in [0.2, 0.25) is 5.02 Å². The van der Waals surface area contributed by atoms with Gasteiger partial charge in [0, 0.05) is 22.7 Å². The molecule has 1 aliphatic rings. The summed E-state index contributed by atoms with van der Waals surface area (Å²) in [6.45, 7) is 0.177. The lowest BCUT2D eigenvalue weighted by Crippen LogP contribution is -2.31. The van der Waals surface area contributed by atoms with Gasteiger partial charge in [0.2, 0.25) is 0 Å². The van der Waals surface area contributed by atoms with Gasteiger partial charge < -0.3 is 0 Å². The smallest absolute Gasteiger partial charge is 0.277 e. The van der Waals surface area contributed by atoms with Crippen molar-refractivity contribution in [3.05, 3.63) is 29.3 Å². The summed E-state index contributed by atoms with van der Waals surface area (Å²) in [4.78, 5) is 13.3. The molecule has 1 heterocycles. The van der Waals surface area contributed by atoms with Gasteiger partial charge in [-0.15, -0.1) is 0 Å². The zero-order valence-corrected chi connectivity index (χ0v) is 11.8. The normalized spacial score (nSPS) is 16.6. The van der Waals surface area contributed by atoms with Crippen LogP contribution in [0.3, 0.4) is 0 Å². The minimum absolute atomic E-state index is 0.177. The number of amides is 2. The fourth-order valence-corrected chi connectivity index (χ4v) is 2.50. The number of benzene rings is 1. The first-order valence-electron chi connectivity index (χ1n) is 4.73. The molecule has 0 aromatic heterocycles. The van der Waals surface area contributed by atoms with Crippen molar-refractivity contribution < 1.29 is 9.18 Å². The zero-order chi connectivity index (χ0) is 13.3. The number of alkyl halides is 3. The second-order valence-electron chi connectivity index (χ2n) is 3.34. The van der Waals surface area contributed by atoms with Crippen molar-refractivity contribution in [2.75, 3.05) is 11.6 Å². The van der Waals surface area contributed by atoms with Crippen LogP contribution in [0.4, 0.5) is 14.9 Å². The Morgan fingerprint density at radius 3 is 2.78 bits per heavy atom. The Kier molecular flexibility index (Phi) is 4.13. The van der Waals surface area contributed by atoms with Gasteiger partial charge in [-0.3, -0.25) is 4.90 Å². The Bertz CT molecular complexity index is 471. The zero-order valence-electron chi connectivity index (χ0n) is 8.74. The summed E-state index contributed by atoms with van der Waals surface area (Å²) >= 11 is 16.5. The van der Waals surface area contributed by atoms with Gasteiger partial charge >= 0.3 is 9.95 Å². The Hall–Kier alpha value is -0.400. The second kappa shape index (κ2) is 5.30. The van der Waals surface area contributed by atoms with E-state index in [0.29, 0.717) is 22.7 Å². The van der Waals surface area contributed by atoms with Crippen molar-refractivity contribution >= 4 is 58.5 Å². The van der Waals surface area contributed by atoms with Gasteiger partial charge in [-0.2, -0.15) is 14.2 Å². The van der Waals surface area contributed by atoms with Crippen molar-refractivity contribution in [3.8, 4) is 0 Å². The molecule has 0 saturated carbocycles. The van der Waals surface area contributed by atoms with E-state index in [0.717, 1.165) is 4.41 Å². The first kappa shape index (κ1) is 14.0. The van der Waals surface area contributed by atoms with Gasteiger partial charge in [0.25, 0.3) is 0 Å². The third-order valence-corrected chi connectivity index (χ3v) is 3.42. The fourth-order valence-electron chi connectivity index (χ4n) is 1.40. The minimum atomic E-state index is -2.58. The van der Waals surface area contributed by atoms with Crippen molar-refractivity contribution in [1.82, 2.24) is 9.84 Å². The summed E-state index contributed by atoms with van der Waals surface area (Å²) in [5, 5.41) is 0.501. The van der Waals surface area contributed by atoms with E-state index in [1.54, 1.807) is 24.3 Å². The SMILES string of the molecule is O=C1N(SC(F)(Cl)Cl)NCN1c1cccc(Cl)c1. The molecule has 1 aromatic rings. The molecule has 0 radical (unpaired) electrons. The van der Waals surface area contributed by atoms with Crippen LogP contribution < -0.4 is 10.3 Å². The first-order valence-corrected chi connectivity index (χ1v) is 6.64. The van der Waals surface area contributed by atoms with E-state index in [1.807, 2.05) is 0 Å². The summed E-state index contributed by atoms with van der Waals surface area (Å²) < 4.78 is 11.4. The van der Waals surface area contributed by atoms with Crippen LogP contribution in [-0.2, 0) is 0 Å². The summed E-state index contributed by atoms with van der Waals surface area (Å²) in [5.74, 6) is 0. The number of rotatable bonds is 3. The summed E-state index contributed by atoms with van der Waals surface area (Å²) in [6.07, 6.45) is 0. The van der Waals surface area contributed by atoms with Crippen molar-refractivity contribution in [2.45, 2.75) is 3.92 Å². The maximum atomic E-state index is 13.0. The molecule has 98 valence electrons. The lowest BCUT2D eigenvalue weighted by molar-refractivity contribution is 0.235. The van der Waals surface area contributed by atoms with Crippen LogP contribution in [0.1, 0.15) is 0 Å². The molecule has 2 amide bonds. The Labute approximate surface area is 122 Å². The van der Waals surface area contributed by atoms with Gasteiger partial charge in [-0.05, 0) is 18.2 Å². The fraction of sp³-hybridized carbons (Fsp3) is 0.222. The quantitative estimate of drug-likeness (QED) is 0.677. The molecule has 1 aliphatic heterocycles. The number of carbonyl (C=O) groups excluding carboxylic acids is 1. The van der Waals surface area contributed by atoms with E-state index < -0.39 is 9.95 Å². The number of halogens is 4. The van der Waals surface area contributed by atoms with Gasteiger partial charge in [0.15, 0.2) is 0 Å². The minimum Gasteiger partial charge on any atom is -0.277 e. The van der Waals surface area contributed by atoms with Crippen LogP contribution in [0.25, 0.3) is 0 Å². The number of hydrazine groups is 1. The molecule has 2 rings (SSSR count). The summed E-state index contributed by atoms with van der Waals surface area (Å²) in [7, 11) is 0. The number of anilines is 1. The first-order chi connectivity index (χ1) is 8.37. The molecule has 1 fully saturated rings. The molecule has 1 N–H and O–H groups in total. The van der Waals surface area contributed by atoms with Gasteiger partial charge in [-0.1, -0.05) is 40.9 Å².